The normalized spacial score (nSPS) is 12.4. The van der Waals surface area contributed by atoms with Gasteiger partial charge in [-0.05, 0) is 47.4 Å². The van der Waals surface area contributed by atoms with Gasteiger partial charge in [-0.1, -0.05) is 36.4 Å². The molecule has 2 nitrogen and oxygen atoms in total. The topological polar surface area (TPSA) is 33.1 Å². The summed E-state index contributed by atoms with van der Waals surface area (Å²) in [7, 11) is 0. The first-order valence-electron chi connectivity index (χ1n) is 7.50. The average Bonchev–Trinajstić information content (AvgIpc) is 2.59. The van der Waals surface area contributed by atoms with Crippen LogP contribution < -0.4 is 0 Å². The molecule has 0 radical (unpaired) electrons. The number of pyridine rings is 1. The van der Waals surface area contributed by atoms with E-state index in [9.17, 15) is 5.11 Å². The monoisotopic (exact) mass is 309 g/mol. The van der Waals surface area contributed by atoms with Gasteiger partial charge in [0, 0.05) is 23.0 Å². The average molecular weight is 309 g/mol. The number of aliphatic hydroxyl groups is 1. The zero-order valence-corrected chi connectivity index (χ0v) is 13.2. The molecule has 0 aliphatic heterocycles. The molecule has 0 aliphatic carbocycles. The van der Waals surface area contributed by atoms with Crippen LogP contribution in [0.4, 0.5) is 0 Å². The van der Waals surface area contributed by atoms with Crippen LogP contribution in [0.2, 0.25) is 0 Å². The molecule has 1 atom stereocenters. The molecule has 2 aromatic carbocycles. The second-order valence-electron chi connectivity index (χ2n) is 5.37. The standard InChI is InChI=1S/C19H19NOS/c21-18(9-7-15-4-3-11-20-13-15)14-22-19-10-8-16-5-1-2-6-17(16)12-19/h1-6,8,10-13,18,21H,7,9,14H2. The molecule has 112 valence electrons. The Bertz CT molecular complexity index is 730. The molecule has 0 aliphatic rings. The van der Waals surface area contributed by atoms with E-state index in [-0.39, 0.29) is 6.10 Å². The molecule has 0 bridgehead atoms. The van der Waals surface area contributed by atoms with Gasteiger partial charge in [-0.15, -0.1) is 11.8 Å². The minimum atomic E-state index is -0.295. The second kappa shape index (κ2) is 7.43. The van der Waals surface area contributed by atoms with E-state index in [0.29, 0.717) is 0 Å². The van der Waals surface area contributed by atoms with Gasteiger partial charge in [0.1, 0.15) is 0 Å². The first-order chi connectivity index (χ1) is 10.8. The summed E-state index contributed by atoms with van der Waals surface area (Å²) in [6.07, 6.45) is 4.98. The van der Waals surface area contributed by atoms with Crippen molar-refractivity contribution in [3.63, 3.8) is 0 Å². The Kier molecular flexibility index (Phi) is 5.09. The Labute approximate surface area is 135 Å². The number of aliphatic hydroxyl groups excluding tert-OH is 1. The lowest BCUT2D eigenvalue weighted by atomic mass is 10.1. The molecule has 1 heterocycles. The number of aromatic nitrogens is 1. The number of hydrogen-bond acceptors (Lipinski definition) is 3. The maximum Gasteiger partial charge on any atom is 0.0637 e. The van der Waals surface area contributed by atoms with E-state index in [2.05, 4.69) is 53.5 Å². The second-order valence-corrected chi connectivity index (χ2v) is 6.47. The van der Waals surface area contributed by atoms with Crippen LogP contribution in [0.1, 0.15) is 12.0 Å². The molecule has 22 heavy (non-hydrogen) atoms. The number of benzene rings is 2. The number of thioether (sulfide) groups is 1. The Balaban J connectivity index is 1.52. The van der Waals surface area contributed by atoms with Crippen molar-refractivity contribution in [3.05, 3.63) is 72.6 Å². The van der Waals surface area contributed by atoms with Crippen LogP contribution in [0.5, 0.6) is 0 Å². The van der Waals surface area contributed by atoms with Gasteiger partial charge in [-0.25, -0.2) is 0 Å². The molecule has 1 unspecified atom stereocenters. The van der Waals surface area contributed by atoms with Crippen molar-refractivity contribution in [1.82, 2.24) is 4.98 Å². The Morgan fingerprint density at radius 3 is 2.68 bits per heavy atom. The third-order valence-electron chi connectivity index (χ3n) is 3.65. The highest BCUT2D eigenvalue weighted by atomic mass is 32.2. The third kappa shape index (κ3) is 4.09. The highest BCUT2D eigenvalue weighted by molar-refractivity contribution is 7.99. The first kappa shape index (κ1) is 15.1. The maximum absolute atomic E-state index is 10.1. The van der Waals surface area contributed by atoms with Crippen LogP contribution in [0.25, 0.3) is 10.8 Å². The summed E-state index contributed by atoms with van der Waals surface area (Å²) in [5.74, 6) is 0.721. The van der Waals surface area contributed by atoms with Crippen molar-refractivity contribution >= 4 is 22.5 Å². The Morgan fingerprint density at radius 1 is 1.00 bits per heavy atom. The molecule has 0 spiro atoms. The fourth-order valence-corrected chi connectivity index (χ4v) is 3.34. The van der Waals surface area contributed by atoms with Crippen molar-refractivity contribution < 1.29 is 5.11 Å². The molecule has 3 heteroatoms. The third-order valence-corrected chi connectivity index (χ3v) is 4.79. The zero-order valence-electron chi connectivity index (χ0n) is 12.4. The largest absolute Gasteiger partial charge is 0.392 e. The van der Waals surface area contributed by atoms with E-state index in [0.717, 1.165) is 18.6 Å². The van der Waals surface area contributed by atoms with E-state index in [1.54, 1.807) is 18.0 Å². The summed E-state index contributed by atoms with van der Waals surface area (Å²) in [5, 5.41) is 12.6. The van der Waals surface area contributed by atoms with E-state index in [1.165, 1.54) is 21.2 Å². The van der Waals surface area contributed by atoms with Crippen molar-refractivity contribution in [2.75, 3.05) is 5.75 Å². The lowest BCUT2D eigenvalue weighted by Crippen LogP contribution is -2.11. The van der Waals surface area contributed by atoms with Crippen LogP contribution in [0, 0.1) is 0 Å². The maximum atomic E-state index is 10.1. The van der Waals surface area contributed by atoms with Gasteiger partial charge in [0.15, 0.2) is 0 Å². The Morgan fingerprint density at radius 2 is 1.86 bits per heavy atom. The highest BCUT2D eigenvalue weighted by Crippen LogP contribution is 2.24. The van der Waals surface area contributed by atoms with Gasteiger partial charge in [0.25, 0.3) is 0 Å². The SMILES string of the molecule is OC(CCc1cccnc1)CSc1ccc2ccccc2c1. The molecule has 0 fully saturated rings. The van der Waals surface area contributed by atoms with Gasteiger partial charge in [0.2, 0.25) is 0 Å². The first-order valence-corrected chi connectivity index (χ1v) is 8.48. The molecular weight excluding hydrogens is 290 g/mol. The number of hydrogen-bond donors (Lipinski definition) is 1. The summed E-state index contributed by atoms with van der Waals surface area (Å²) in [5.41, 5.74) is 1.18. The zero-order chi connectivity index (χ0) is 15.2. The number of rotatable bonds is 6. The van der Waals surface area contributed by atoms with Gasteiger partial charge in [-0.3, -0.25) is 4.98 Å². The smallest absolute Gasteiger partial charge is 0.0637 e. The lowest BCUT2D eigenvalue weighted by Gasteiger charge is -2.10. The summed E-state index contributed by atoms with van der Waals surface area (Å²) >= 11 is 1.71. The number of nitrogens with zero attached hydrogens (tertiary/aromatic N) is 1. The van der Waals surface area contributed by atoms with E-state index < -0.39 is 0 Å². The van der Waals surface area contributed by atoms with E-state index in [4.69, 9.17) is 0 Å². The van der Waals surface area contributed by atoms with Gasteiger partial charge >= 0.3 is 0 Å². The summed E-state index contributed by atoms with van der Waals surface area (Å²) in [6.45, 7) is 0. The molecule has 0 amide bonds. The predicted octanol–water partition coefficient (Wildman–Crippen LogP) is 4.32. The van der Waals surface area contributed by atoms with Crippen molar-refractivity contribution in [1.29, 1.82) is 0 Å². The molecular formula is C19H19NOS. The Hall–Kier alpha value is -1.84. The molecule has 1 N–H and O–H groups in total. The van der Waals surface area contributed by atoms with Crippen LogP contribution in [-0.4, -0.2) is 21.9 Å². The summed E-state index contributed by atoms with van der Waals surface area (Å²) in [4.78, 5) is 5.31. The molecule has 1 aromatic heterocycles. The lowest BCUT2D eigenvalue weighted by molar-refractivity contribution is 0.189. The van der Waals surface area contributed by atoms with Gasteiger partial charge < -0.3 is 5.11 Å². The van der Waals surface area contributed by atoms with Crippen LogP contribution in [0.3, 0.4) is 0 Å². The molecule has 3 rings (SSSR count). The van der Waals surface area contributed by atoms with E-state index in [1.807, 2.05) is 12.3 Å². The van der Waals surface area contributed by atoms with Gasteiger partial charge in [0.05, 0.1) is 6.10 Å². The van der Waals surface area contributed by atoms with Crippen molar-refractivity contribution in [3.8, 4) is 0 Å². The van der Waals surface area contributed by atoms with Crippen LogP contribution >= 0.6 is 11.8 Å². The fraction of sp³-hybridized carbons (Fsp3) is 0.211. The van der Waals surface area contributed by atoms with Crippen molar-refractivity contribution in [2.45, 2.75) is 23.8 Å². The molecule has 3 aromatic rings. The minimum Gasteiger partial charge on any atom is -0.392 e. The predicted molar refractivity (Wildman–Crippen MR) is 93.2 cm³/mol. The fourth-order valence-electron chi connectivity index (χ4n) is 2.41. The summed E-state index contributed by atoms with van der Waals surface area (Å²) in [6, 6.07) is 18.8. The molecule has 0 saturated heterocycles. The summed E-state index contributed by atoms with van der Waals surface area (Å²) < 4.78 is 0. The van der Waals surface area contributed by atoms with Gasteiger partial charge in [-0.2, -0.15) is 0 Å². The van der Waals surface area contributed by atoms with E-state index >= 15 is 0 Å². The highest BCUT2D eigenvalue weighted by Gasteiger charge is 2.06. The number of fused-ring (bicyclic) bond motifs is 1. The van der Waals surface area contributed by atoms with Crippen LogP contribution in [0.15, 0.2) is 71.9 Å². The quantitative estimate of drug-likeness (QED) is 0.688. The van der Waals surface area contributed by atoms with Crippen molar-refractivity contribution in [2.24, 2.45) is 0 Å². The minimum absolute atomic E-state index is 0.295. The number of aryl methyl sites for hydroxylation is 1. The van der Waals surface area contributed by atoms with Crippen LogP contribution in [-0.2, 0) is 6.42 Å². The molecule has 0 saturated carbocycles.